The first-order valence-corrected chi connectivity index (χ1v) is 7.45. The van der Waals surface area contributed by atoms with Crippen molar-refractivity contribution in [2.24, 2.45) is 10.9 Å². The van der Waals surface area contributed by atoms with Gasteiger partial charge in [-0.1, -0.05) is 12.1 Å². The normalized spacial score (nSPS) is 16.9. The van der Waals surface area contributed by atoms with Crippen LogP contribution in [0.5, 0.6) is 0 Å². The van der Waals surface area contributed by atoms with Gasteiger partial charge in [-0.15, -0.1) is 0 Å². The third kappa shape index (κ3) is 5.01. The molecule has 0 aliphatic heterocycles. The zero-order valence-corrected chi connectivity index (χ0v) is 13.1. The van der Waals surface area contributed by atoms with E-state index in [1.165, 1.54) is 25.0 Å². The van der Waals surface area contributed by atoms with Crippen molar-refractivity contribution >= 4 is 5.96 Å². The molecule has 0 bridgehead atoms. The van der Waals surface area contributed by atoms with Crippen molar-refractivity contribution in [2.45, 2.75) is 25.4 Å². The molecule has 2 N–H and O–H groups in total. The maximum absolute atomic E-state index is 12.9. The standard InChI is InChI=1S/C16H25FN4/c1-18-16(19-10-12-4-8-14(17)9-5-12)20-11-15(21(2)3)13-6-7-13/h4-5,8-9,13,15H,6-7,10-11H2,1-3H3,(H2,18,19,20). The summed E-state index contributed by atoms with van der Waals surface area (Å²) < 4.78 is 12.9. The molecule has 0 spiro atoms. The molecule has 0 radical (unpaired) electrons. The van der Waals surface area contributed by atoms with Crippen LogP contribution in [-0.2, 0) is 6.54 Å². The second kappa shape index (κ2) is 7.41. The van der Waals surface area contributed by atoms with Crippen molar-refractivity contribution in [1.29, 1.82) is 0 Å². The van der Waals surface area contributed by atoms with Crippen molar-refractivity contribution in [3.63, 3.8) is 0 Å². The number of hydrogen-bond acceptors (Lipinski definition) is 2. The number of guanidine groups is 1. The molecule has 1 aromatic carbocycles. The lowest BCUT2D eigenvalue weighted by atomic mass is 10.1. The van der Waals surface area contributed by atoms with Gasteiger partial charge in [-0.2, -0.15) is 0 Å². The minimum atomic E-state index is -0.209. The SMILES string of the molecule is CN=C(NCc1ccc(F)cc1)NCC(C1CC1)N(C)C. The Bertz CT molecular complexity index is 464. The molecule has 4 nitrogen and oxygen atoms in total. The summed E-state index contributed by atoms with van der Waals surface area (Å²) in [6, 6.07) is 7.06. The maximum Gasteiger partial charge on any atom is 0.191 e. The van der Waals surface area contributed by atoms with Crippen molar-refractivity contribution in [3.05, 3.63) is 35.6 Å². The van der Waals surface area contributed by atoms with Gasteiger partial charge in [0.2, 0.25) is 0 Å². The predicted molar refractivity (Wildman–Crippen MR) is 84.8 cm³/mol. The molecule has 0 saturated heterocycles. The van der Waals surface area contributed by atoms with Crippen LogP contribution >= 0.6 is 0 Å². The number of aliphatic imine (C=N–C) groups is 1. The number of likely N-dealkylation sites (N-methyl/N-ethyl adjacent to an activating group) is 1. The van der Waals surface area contributed by atoms with E-state index in [9.17, 15) is 4.39 Å². The van der Waals surface area contributed by atoms with Crippen LogP contribution in [-0.4, -0.2) is 44.6 Å². The molecule has 1 aliphatic rings. The number of halogens is 1. The molecule has 5 heteroatoms. The zero-order valence-electron chi connectivity index (χ0n) is 13.1. The van der Waals surface area contributed by atoms with Gasteiger partial charge in [-0.3, -0.25) is 4.99 Å². The number of nitrogens with zero attached hydrogens (tertiary/aromatic N) is 2. The van der Waals surface area contributed by atoms with Gasteiger partial charge in [0, 0.05) is 26.2 Å². The van der Waals surface area contributed by atoms with Crippen LogP contribution in [0.4, 0.5) is 4.39 Å². The Morgan fingerprint density at radius 3 is 2.48 bits per heavy atom. The predicted octanol–water partition coefficient (Wildman–Crippen LogP) is 1.83. The molecule has 116 valence electrons. The first kappa shape index (κ1) is 15.8. The molecule has 1 saturated carbocycles. The Labute approximate surface area is 126 Å². The highest BCUT2D eigenvalue weighted by Gasteiger charge is 2.32. The van der Waals surface area contributed by atoms with Gasteiger partial charge >= 0.3 is 0 Å². The molecular formula is C16H25FN4. The number of rotatable bonds is 6. The minimum absolute atomic E-state index is 0.209. The lowest BCUT2D eigenvalue weighted by molar-refractivity contribution is 0.264. The lowest BCUT2D eigenvalue weighted by Gasteiger charge is -2.25. The van der Waals surface area contributed by atoms with E-state index >= 15 is 0 Å². The van der Waals surface area contributed by atoms with Gasteiger partial charge < -0.3 is 15.5 Å². The van der Waals surface area contributed by atoms with E-state index in [0.717, 1.165) is 24.0 Å². The topological polar surface area (TPSA) is 39.7 Å². The van der Waals surface area contributed by atoms with Crippen LogP contribution in [0.2, 0.25) is 0 Å². The Balaban J connectivity index is 1.79. The van der Waals surface area contributed by atoms with E-state index in [4.69, 9.17) is 0 Å². The molecule has 0 amide bonds. The van der Waals surface area contributed by atoms with E-state index in [2.05, 4.69) is 34.6 Å². The lowest BCUT2D eigenvalue weighted by Crippen LogP contribution is -2.45. The Morgan fingerprint density at radius 1 is 1.29 bits per heavy atom. The summed E-state index contributed by atoms with van der Waals surface area (Å²) in [5.74, 6) is 1.38. The van der Waals surface area contributed by atoms with E-state index in [-0.39, 0.29) is 5.82 Å². The second-order valence-corrected chi connectivity index (χ2v) is 5.80. The van der Waals surface area contributed by atoms with Crippen LogP contribution in [0.3, 0.4) is 0 Å². The summed E-state index contributed by atoms with van der Waals surface area (Å²) in [6.45, 7) is 1.52. The first-order valence-electron chi connectivity index (χ1n) is 7.45. The fraction of sp³-hybridized carbons (Fsp3) is 0.562. The van der Waals surface area contributed by atoms with Gasteiger partial charge in [0.15, 0.2) is 5.96 Å². The fourth-order valence-corrected chi connectivity index (χ4v) is 2.46. The van der Waals surface area contributed by atoms with Crippen LogP contribution in [0.15, 0.2) is 29.3 Å². The van der Waals surface area contributed by atoms with Crippen LogP contribution < -0.4 is 10.6 Å². The molecule has 1 aliphatic carbocycles. The number of benzene rings is 1. The van der Waals surface area contributed by atoms with Crippen LogP contribution in [0.25, 0.3) is 0 Å². The Morgan fingerprint density at radius 2 is 1.95 bits per heavy atom. The smallest absolute Gasteiger partial charge is 0.191 e. The average Bonchev–Trinajstić information content (AvgIpc) is 3.28. The van der Waals surface area contributed by atoms with E-state index in [1.54, 1.807) is 19.2 Å². The fourth-order valence-electron chi connectivity index (χ4n) is 2.46. The van der Waals surface area contributed by atoms with Gasteiger partial charge in [-0.05, 0) is 50.6 Å². The van der Waals surface area contributed by atoms with Gasteiger partial charge in [-0.25, -0.2) is 4.39 Å². The summed E-state index contributed by atoms with van der Waals surface area (Å²) in [6.07, 6.45) is 2.65. The van der Waals surface area contributed by atoms with Crippen LogP contribution in [0, 0.1) is 11.7 Å². The molecule has 0 heterocycles. The molecule has 1 aromatic rings. The van der Waals surface area contributed by atoms with E-state index in [1.807, 2.05) is 0 Å². The van der Waals surface area contributed by atoms with E-state index < -0.39 is 0 Å². The average molecular weight is 292 g/mol. The van der Waals surface area contributed by atoms with Crippen molar-refractivity contribution in [3.8, 4) is 0 Å². The van der Waals surface area contributed by atoms with Crippen molar-refractivity contribution in [2.75, 3.05) is 27.7 Å². The monoisotopic (exact) mass is 292 g/mol. The highest BCUT2D eigenvalue weighted by atomic mass is 19.1. The number of nitrogens with one attached hydrogen (secondary N) is 2. The molecule has 2 rings (SSSR count). The second-order valence-electron chi connectivity index (χ2n) is 5.80. The molecule has 1 unspecified atom stereocenters. The zero-order chi connectivity index (χ0) is 15.2. The van der Waals surface area contributed by atoms with E-state index in [0.29, 0.717) is 12.6 Å². The highest BCUT2D eigenvalue weighted by molar-refractivity contribution is 5.79. The maximum atomic E-state index is 12.9. The molecule has 21 heavy (non-hydrogen) atoms. The van der Waals surface area contributed by atoms with Crippen LogP contribution in [0.1, 0.15) is 18.4 Å². The Kier molecular flexibility index (Phi) is 5.56. The Hall–Kier alpha value is -1.62. The molecule has 1 atom stereocenters. The molecule has 0 aromatic heterocycles. The first-order chi connectivity index (χ1) is 10.1. The summed E-state index contributed by atoms with van der Waals surface area (Å²) in [4.78, 5) is 6.51. The van der Waals surface area contributed by atoms with Crippen molar-refractivity contribution in [1.82, 2.24) is 15.5 Å². The van der Waals surface area contributed by atoms with Gasteiger partial charge in [0.05, 0.1) is 0 Å². The largest absolute Gasteiger partial charge is 0.355 e. The molecular weight excluding hydrogens is 267 g/mol. The van der Waals surface area contributed by atoms with Crippen molar-refractivity contribution < 1.29 is 4.39 Å². The summed E-state index contributed by atoms with van der Waals surface area (Å²) in [5.41, 5.74) is 1.03. The van der Waals surface area contributed by atoms with Gasteiger partial charge in [0.1, 0.15) is 5.82 Å². The third-order valence-corrected chi connectivity index (χ3v) is 3.90. The minimum Gasteiger partial charge on any atom is -0.355 e. The quantitative estimate of drug-likeness (QED) is 0.621. The summed E-state index contributed by atoms with van der Waals surface area (Å²) >= 11 is 0. The number of hydrogen-bond donors (Lipinski definition) is 2. The third-order valence-electron chi connectivity index (χ3n) is 3.90. The summed E-state index contributed by atoms with van der Waals surface area (Å²) in [5, 5.41) is 6.63. The highest BCUT2D eigenvalue weighted by Crippen LogP contribution is 2.34. The van der Waals surface area contributed by atoms with Gasteiger partial charge in [0.25, 0.3) is 0 Å². The molecule has 1 fully saturated rings. The summed E-state index contributed by atoms with van der Waals surface area (Å²) in [7, 11) is 6.01.